The molecule has 3 N–H and O–H groups in total. The van der Waals surface area contributed by atoms with Gasteiger partial charge in [0.1, 0.15) is 12.4 Å². The van der Waals surface area contributed by atoms with E-state index in [4.69, 9.17) is 10.8 Å². The van der Waals surface area contributed by atoms with Gasteiger partial charge in [0.05, 0.1) is 31.7 Å². The van der Waals surface area contributed by atoms with Crippen molar-refractivity contribution in [2.45, 2.75) is 83.9 Å². The summed E-state index contributed by atoms with van der Waals surface area (Å²) >= 11 is 0. The Morgan fingerprint density at radius 3 is 2.12 bits per heavy atom. The van der Waals surface area contributed by atoms with Crippen LogP contribution in [0, 0.1) is 0 Å². The number of nitrogens with zero attached hydrogens (tertiary/aromatic N) is 2. The zero-order valence-corrected chi connectivity index (χ0v) is 15.5. The van der Waals surface area contributed by atoms with Crippen LogP contribution in [0.15, 0.2) is 18.7 Å². The van der Waals surface area contributed by atoms with E-state index in [-0.39, 0.29) is 0 Å². The summed E-state index contributed by atoms with van der Waals surface area (Å²) in [6.45, 7) is 4.74. The van der Waals surface area contributed by atoms with Gasteiger partial charge < -0.3 is 20.7 Å². The van der Waals surface area contributed by atoms with Crippen molar-refractivity contribution in [3.8, 4) is 0 Å². The molecule has 0 unspecified atom stereocenters. The van der Waals surface area contributed by atoms with Crippen LogP contribution in [0.4, 0.5) is 0 Å². The average Bonchev–Trinajstić information content (AvgIpc) is 2.95. The van der Waals surface area contributed by atoms with Gasteiger partial charge >= 0.3 is 0 Å². The highest BCUT2D eigenvalue weighted by molar-refractivity contribution is 5.71. The van der Waals surface area contributed by atoms with Gasteiger partial charge in [0.2, 0.25) is 6.33 Å². The Bertz CT molecular complexity index is 433. The number of carboxylic acids is 1. The molecule has 24 heavy (non-hydrogen) atoms. The minimum Gasteiger partial charge on any atom is -0.548 e. The summed E-state index contributed by atoms with van der Waals surface area (Å²) < 4.78 is 4.38. The van der Waals surface area contributed by atoms with Crippen molar-refractivity contribution < 1.29 is 19.6 Å². The summed E-state index contributed by atoms with van der Waals surface area (Å²) in [4.78, 5) is 9.74. The standard InChI is InChI=1S/C14H27N2.C4H9NO3/c1-3-4-5-6-7-8-9-10-11-16-13-12-15(2)14-16;1-2(6)3(5)4(7)8/h12-14H,3-11H2,1-2H3;2-3,6H,5H2,1H3,(H,7,8)/q+1;/p-1/t;2-,3+/m.1/s1. The molecule has 6 nitrogen and oxygen atoms in total. The van der Waals surface area contributed by atoms with Gasteiger partial charge in [-0.1, -0.05) is 45.4 Å². The molecule has 0 fully saturated rings. The number of hydrogen-bond donors (Lipinski definition) is 2. The highest BCUT2D eigenvalue weighted by Crippen LogP contribution is 2.08. The number of imidazole rings is 1. The fourth-order valence-corrected chi connectivity index (χ4v) is 2.26. The molecule has 1 aromatic rings. The third-order valence-electron chi connectivity index (χ3n) is 3.89. The molecule has 0 bridgehead atoms. The summed E-state index contributed by atoms with van der Waals surface area (Å²) in [5, 5.41) is 18.2. The van der Waals surface area contributed by atoms with Crippen LogP contribution in [0.25, 0.3) is 0 Å². The fraction of sp³-hybridized carbons (Fsp3) is 0.778. The maximum Gasteiger partial charge on any atom is 0.243 e. The monoisotopic (exact) mass is 341 g/mol. The van der Waals surface area contributed by atoms with E-state index in [9.17, 15) is 9.90 Å². The van der Waals surface area contributed by atoms with Crippen molar-refractivity contribution in [3.05, 3.63) is 18.7 Å². The SMILES string of the molecule is CCCCCCCCCCn1cc[n+](C)c1.C[C@@H](O)[C@H](N)C(=O)[O-]. The molecule has 140 valence electrons. The molecule has 1 rings (SSSR count). The number of rotatable bonds is 11. The lowest BCUT2D eigenvalue weighted by atomic mass is 10.1. The van der Waals surface area contributed by atoms with Crippen LogP contribution in [-0.4, -0.2) is 27.8 Å². The van der Waals surface area contributed by atoms with E-state index >= 15 is 0 Å². The van der Waals surface area contributed by atoms with Gasteiger partial charge in [0.15, 0.2) is 0 Å². The van der Waals surface area contributed by atoms with Gasteiger partial charge in [0.25, 0.3) is 0 Å². The lowest BCUT2D eigenvalue weighted by molar-refractivity contribution is -0.671. The Balaban J connectivity index is 0.000000561. The third kappa shape index (κ3) is 12.1. The topological polar surface area (TPSA) is 95.2 Å². The Labute approximate surface area is 146 Å². The van der Waals surface area contributed by atoms with E-state index in [0.29, 0.717) is 0 Å². The number of hydrogen-bond acceptors (Lipinski definition) is 4. The normalized spacial score (nSPS) is 13.0. The van der Waals surface area contributed by atoms with Crippen molar-refractivity contribution >= 4 is 5.97 Å². The fourth-order valence-electron chi connectivity index (χ4n) is 2.26. The summed E-state index contributed by atoms with van der Waals surface area (Å²) in [7, 11) is 2.07. The maximum atomic E-state index is 9.74. The van der Waals surface area contributed by atoms with Gasteiger partial charge in [-0.2, -0.15) is 0 Å². The first-order valence-electron chi connectivity index (χ1n) is 9.04. The second-order valence-corrected chi connectivity index (χ2v) is 6.38. The zero-order chi connectivity index (χ0) is 18.4. The molecule has 0 aliphatic rings. The van der Waals surface area contributed by atoms with Gasteiger partial charge in [-0.05, 0) is 19.8 Å². The van der Waals surface area contributed by atoms with E-state index < -0.39 is 18.1 Å². The minimum atomic E-state index is -1.43. The van der Waals surface area contributed by atoms with E-state index in [1.54, 1.807) is 0 Å². The molecule has 0 aromatic carbocycles. The van der Waals surface area contributed by atoms with Crippen LogP contribution in [0.2, 0.25) is 0 Å². The van der Waals surface area contributed by atoms with Gasteiger partial charge in [0, 0.05) is 0 Å². The molecule has 0 saturated carbocycles. The second kappa shape index (κ2) is 14.0. The minimum absolute atomic E-state index is 1.04. The number of carbonyl (C=O) groups excluding carboxylic acids is 1. The molecule has 2 atom stereocenters. The summed E-state index contributed by atoms with van der Waals surface area (Å²) in [6, 6.07) is -1.27. The Morgan fingerprint density at radius 1 is 1.21 bits per heavy atom. The predicted molar refractivity (Wildman–Crippen MR) is 92.9 cm³/mol. The third-order valence-corrected chi connectivity index (χ3v) is 3.89. The number of aryl methyl sites for hydroxylation is 2. The van der Waals surface area contributed by atoms with Crippen LogP contribution < -0.4 is 15.4 Å². The molecule has 1 aromatic heterocycles. The van der Waals surface area contributed by atoms with Crippen LogP contribution >= 0.6 is 0 Å². The highest BCUT2D eigenvalue weighted by atomic mass is 16.4. The first-order chi connectivity index (χ1) is 11.4. The first-order valence-corrected chi connectivity index (χ1v) is 9.04. The lowest BCUT2D eigenvalue weighted by Gasteiger charge is -2.14. The molecule has 0 radical (unpaired) electrons. The molecule has 0 spiro atoms. The zero-order valence-electron chi connectivity index (χ0n) is 15.5. The molecular weight excluding hydrogens is 306 g/mol. The number of carbonyl (C=O) groups is 1. The maximum absolute atomic E-state index is 9.74. The molecule has 6 heteroatoms. The number of aliphatic carboxylic acids is 1. The quantitative estimate of drug-likeness (QED) is 0.462. The van der Waals surface area contributed by atoms with Crippen LogP contribution in [0.1, 0.15) is 65.2 Å². The Hall–Kier alpha value is -1.40. The van der Waals surface area contributed by atoms with Crippen molar-refractivity contribution in [1.82, 2.24) is 4.57 Å². The number of unbranched alkanes of at least 4 members (excludes halogenated alkanes) is 7. The average molecular weight is 341 g/mol. The number of aliphatic hydroxyl groups is 1. The highest BCUT2D eigenvalue weighted by Gasteiger charge is 2.08. The summed E-state index contributed by atoms with van der Waals surface area (Å²) in [5.41, 5.74) is 4.85. The second-order valence-electron chi connectivity index (χ2n) is 6.38. The predicted octanol–water partition coefficient (Wildman–Crippen LogP) is 0.898. The van der Waals surface area contributed by atoms with Gasteiger partial charge in [-0.3, -0.25) is 0 Å². The van der Waals surface area contributed by atoms with Crippen molar-refractivity contribution in [2.75, 3.05) is 0 Å². The first kappa shape index (κ1) is 22.6. The van der Waals surface area contributed by atoms with Gasteiger partial charge in [-0.25, -0.2) is 9.13 Å². The van der Waals surface area contributed by atoms with Crippen molar-refractivity contribution in [1.29, 1.82) is 0 Å². The number of nitrogens with two attached hydrogens (primary N) is 1. The van der Waals surface area contributed by atoms with Crippen molar-refractivity contribution in [3.63, 3.8) is 0 Å². The van der Waals surface area contributed by atoms with E-state index in [2.05, 4.69) is 41.8 Å². The smallest absolute Gasteiger partial charge is 0.243 e. The van der Waals surface area contributed by atoms with Crippen molar-refractivity contribution in [2.24, 2.45) is 12.8 Å². The van der Waals surface area contributed by atoms with E-state index in [0.717, 1.165) is 0 Å². The molecule has 0 aliphatic heterocycles. The molecule has 0 saturated heterocycles. The van der Waals surface area contributed by atoms with Gasteiger partial charge in [-0.15, -0.1) is 0 Å². The number of aliphatic hydroxyl groups excluding tert-OH is 1. The van der Waals surface area contributed by atoms with Crippen LogP contribution in [-0.2, 0) is 18.4 Å². The number of aromatic nitrogens is 2. The van der Waals surface area contributed by atoms with Crippen LogP contribution in [0.3, 0.4) is 0 Å². The molecule has 0 amide bonds. The molecule has 0 aliphatic carbocycles. The number of carboxylic acid groups (broad SMARTS) is 1. The molecular formula is C18H35N3O3. The summed E-state index contributed by atoms with van der Waals surface area (Å²) in [5.74, 6) is -1.43. The summed E-state index contributed by atoms with van der Waals surface area (Å²) in [6.07, 6.45) is 16.6. The van der Waals surface area contributed by atoms with Crippen LogP contribution in [0.5, 0.6) is 0 Å². The largest absolute Gasteiger partial charge is 0.548 e. The van der Waals surface area contributed by atoms with E-state index in [1.165, 1.54) is 64.8 Å². The van der Waals surface area contributed by atoms with E-state index in [1.807, 2.05) is 0 Å². The Morgan fingerprint density at radius 2 is 1.75 bits per heavy atom. The molecule has 1 heterocycles. The lowest BCUT2D eigenvalue weighted by Crippen LogP contribution is -2.48. The Kier molecular flexibility index (Phi) is 13.2.